The first-order chi connectivity index (χ1) is 16.2. The van der Waals surface area contributed by atoms with E-state index in [1.807, 2.05) is 55.3 Å². The van der Waals surface area contributed by atoms with Gasteiger partial charge in [-0.3, -0.25) is 4.68 Å². The van der Waals surface area contributed by atoms with Crippen molar-refractivity contribution in [2.75, 3.05) is 12.8 Å². The number of rotatable bonds is 7. The van der Waals surface area contributed by atoms with Crippen molar-refractivity contribution in [1.29, 1.82) is 0 Å². The smallest absolute Gasteiger partial charge is 0.356 e. The number of nitrogens with zero attached hydrogens (tertiary/aromatic N) is 4. The number of hydrogen-bond donors (Lipinski definition) is 3. The molecule has 0 radical (unpaired) electrons. The standard InChI is InChI=1S/C16H16N4O2.C10H16N2/c1-12-6-18-20(7-12)9-14-4-2-13(3-5-14)8-19-10-15(16(21)22)17-11-19;1-7-4-9(11)5-8(2)10(7)6-12-3/h2-7,10-11H,8-9H2,1H3,(H,21,22);4-5,12H,6,11H2,1-3H3. The quantitative estimate of drug-likeness (QED) is 0.362. The van der Waals surface area contributed by atoms with Gasteiger partial charge in [0.05, 0.1) is 19.1 Å². The number of aromatic nitrogens is 4. The molecule has 0 aliphatic carbocycles. The molecular formula is C26H32N6O2. The van der Waals surface area contributed by atoms with Gasteiger partial charge in [0.25, 0.3) is 0 Å². The van der Waals surface area contributed by atoms with Gasteiger partial charge in [-0.15, -0.1) is 0 Å². The Labute approximate surface area is 200 Å². The fourth-order valence-corrected chi connectivity index (χ4v) is 3.74. The summed E-state index contributed by atoms with van der Waals surface area (Å²) in [6, 6.07) is 12.2. The van der Waals surface area contributed by atoms with Crippen LogP contribution in [0.25, 0.3) is 0 Å². The van der Waals surface area contributed by atoms with Gasteiger partial charge in [0.15, 0.2) is 5.69 Å². The minimum absolute atomic E-state index is 0.0608. The zero-order valence-electron chi connectivity index (χ0n) is 20.1. The number of carboxylic acids is 1. The van der Waals surface area contributed by atoms with Crippen LogP contribution in [0, 0.1) is 20.8 Å². The highest BCUT2D eigenvalue weighted by molar-refractivity contribution is 5.84. The summed E-state index contributed by atoms with van der Waals surface area (Å²) in [7, 11) is 1.95. The highest BCUT2D eigenvalue weighted by atomic mass is 16.4. The molecule has 4 aromatic rings. The Balaban J connectivity index is 0.000000229. The highest BCUT2D eigenvalue weighted by Crippen LogP contribution is 2.17. The number of aryl methyl sites for hydroxylation is 3. The normalized spacial score (nSPS) is 10.6. The molecule has 4 rings (SSSR count). The van der Waals surface area contributed by atoms with Crippen LogP contribution in [0.5, 0.6) is 0 Å². The average molecular weight is 461 g/mol. The second-order valence-electron chi connectivity index (χ2n) is 8.43. The molecule has 0 amide bonds. The van der Waals surface area contributed by atoms with Gasteiger partial charge in [0, 0.05) is 31.2 Å². The third-order valence-electron chi connectivity index (χ3n) is 5.42. The molecule has 0 saturated heterocycles. The lowest BCUT2D eigenvalue weighted by Crippen LogP contribution is -2.08. The number of carbonyl (C=O) groups is 1. The van der Waals surface area contributed by atoms with Gasteiger partial charge in [-0.05, 0) is 73.3 Å². The Morgan fingerprint density at radius 2 is 1.65 bits per heavy atom. The molecule has 2 heterocycles. The van der Waals surface area contributed by atoms with E-state index in [2.05, 4.69) is 41.4 Å². The minimum atomic E-state index is -1.01. The maximum absolute atomic E-state index is 10.8. The van der Waals surface area contributed by atoms with E-state index in [4.69, 9.17) is 10.8 Å². The van der Waals surface area contributed by atoms with Gasteiger partial charge in [-0.2, -0.15) is 5.10 Å². The SMILES string of the molecule is CNCc1c(C)cc(N)cc1C.Cc1cnn(Cc2ccc(Cn3cnc(C(=O)O)c3)cc2)c1. The summed E-state index contributed by atoms with van der Waals surface area (Å²) < 4.78 is 3.66. The molecule has 2 aromatic heterocycles. The lowest BCUT2D eigenvalue weighted by molar-refractivity contribution is 0.0691. The van der Waals surface area contributed by atoms with Gasteiger partial charge < -0.3 is 20.7 Å². The summed E-state index contributed by atoms with van der Waals surface area (Å²) in [5, 5.41) is 16.3. The van der Waals surface area contributed by atoms with Crippen molar-refractivity contribution in [2.24, 2.45) is 0 Å². The molecule has 0 aliphatic rings. The van der Waals surface area contributed by atoms with E-state index in [0.717, 1.165) is 29.9 Å². The first-order valence-electron chi connectivity index (χ1n) is 11.1. The van der Waals surface area contributed by atoms with Crippen LogP contribution in [-0.4, -0.2) is 37.5 Å². The van der Waals surface area contributed by atoms with E-state index in [1.54, 1.807) is 4.57 Å². The molecule has 4 N–H and O–H groups in total. The van der Waals surface area contributed by atoms with Crippen LogP contribution in [0.4, 0.5) is 5.69 Å². The van der Waals surface area contributed by atoms with Crippen LogP contribution in [-0.2, 0) is 19.6 Å². The number of hydrogen-bond acceptors (Lipinski definition) is 5. The number of nitrogen functional groups attached to an aromatic ring is 1. The van der Waals surface area contributed by atoms with E-state index in [9.17, 15) is 4.79 Å². The summed E-state index contributed by atoms with van der Waals surface area (Å²) in [5.41, 5.74) is 13.9. The fraction of sp³-hybridized carbons (Fsp3) is 0.269. The number of nitrogens with one attached hydrogen (secondary N) is 1. The van der Waals surface area contributed by atoms with Gasteiger partial charge >= 0.3 is 5.97 Å². The van der Waals surface area contributed by atoms with Crippen LogP contribution in [0.15, 0.2) is 61.3 Å². The Bertz CT molecular complexity index is 1220. The minimum Gasteiger partial charge on any atom is -0.476 e. The Hall–Kier alpha value is -3.91. The fourth-order valence-electron chi connectivity index (χ4n) is 3.74. The van der Waals surface area contributed by atoms with E-state index in [-0.39, 0.29) is 5.69 Å². The zero-order chi connectivity index (χ0) is 24.7. The summed E-state index contributed by atoms with van der Waals surface area (Å²) in [4.78, 5) is 14.6. The third-order valence-corrected chi connectivity index (χ3v) is 5.42. The number of nitrogens with two attached hydrogens (primary N) is 1. The molecule has 0 atom stereocenters. The largest absolute Gasteiger partial charge is 0.476 e. The van der Waals surface area contributed by atoms with Gasteiger partial charge in [0.1, 0.15) is 0 Å². The second kappa shape index (κ2) is 11.3. The molecular weight excluding hydrogens is 428 g/mol. The van der Waals surface area contributed by atoms with E-state index in [0.29, 0.717) is 6.54 Å². The molecule has 0 spiro atoms. The van der Waals surface area contributed by atoms with Crippen molar-refractivity contribution in [3.05, 3.63) is 100 Å². The van der Waals surface area contributed by atoms with Crippen molar-refractivity contribution in [2.45, 2.75) is 40.4 Å². The number of carboxylic acid groups (broad SMARTS) is 1. The van der Waals surface area contributed by atoms with E-state index in [1.165, 1.54) is 34.8 Å². The highest BCUT2D eigenvalue weighted by Gasteiger charge is 2.07. The maximum atomic E-state index is 10.8. The summed E-state index contributed by atoms with van der Waals surface area (Å²) in [5.74, 6) is -1.01. The Morgan fingerprint density at radius 3 is 2.15 bits per heavy atom. The maximum Gasteiger partial charge on any atom is 0.356 e. The van der Waals surface area contributed by atoms with Crippen molar-refractivity contribution < 1.29 is 9.90 Å². The average Bonchev–Trinajstić information content (AvgIpc) is 3.41. The summed E-state index contributed by atoms with van der Waals surface area (Å²) in [6.45, 7) is 8.46. The molecule has 8 heteroatoms. The number of aromatic carboxylic acids is 1. The van der Waals surface area contributed by atoms with Crippen LogP contribution in [0.2, 0.25) is 0 Å². The van der Waals surface area contributed by atoms with E-state index >= 15 is 0 Å². The number of benzene rings is 2. The van der Waals surface area contributed by atoms with Gasteiger partial charge in [0.2, 0.25) is 0 Å². The molecule has 2 aromatic carbocycles. The van der Waals surface area contributed by atoms with E-state index < -0.39 is 5.97 Å². The molecule has 34 heavy (non-hydrogen) atoms. The third kappa shape index (κ3) is 6.79. The van der Waals surface area contributed by atoms with Gasteiger partial charge in [-0.1, -0.05) is 24.3 Å². The first kappa shape index (κ1) is 24.7. The predicted octanol–water partition coefficient (Wildman–Crippen LogP) is 3.79. The second-order valence-corrected chi connectivity index (χ2v) is 8.43. The lowest BCUT2D eigenvalue weighted by Gasteiger charge is -2.09. The molecule has 8 nitrogen and oxygen atoms in total. The lowest BCUT2D eigenvalue weighted by atomic mass is 10.0. The summed E-state index contributed by atoms with van der Waals surface area (Å²) >= 11 is 0. The van der Waals surface area contributed by atoms with Crippen LogP contribution >= 0.6 is 0 Å². The van der Waals surface area contributed by atoms with Crippen molar-refractivity contribution in [3.63, 3.8) is 0 Å². The summed E-state index contributed by atoms with van der Waals surface area (Å²) in [6.07, 6.45) is 6.91. The Morgan fingerprint density at radius 1 is 1.03 bits per heavy atom. The molecule has 0 fully saturated rings. The molecule has 0 aliphatic heterocycles. The van der Waals surface area contributed by atoms with Crippen LogP contribution < -0.4 is 11.1 Å². The monoisotopic (exact) mass is 460 g/mol. The molecule has 0 unspecified atom stereocenters. The number of imidazole rings is 1. The van der Waals surface area contributed by atoms with Crippen molar-refractivity contribution >= 4 is 11.7 Å². The Kier molecular flexibility index (Phi) is 8.21. The first-order valence-corrected chi connectivity index (χ1v) is 11.1. The topological polar surface area (TPSA) is 111 Å². The molecule has 0 saturated carbocycles. The van der Waals surface area contributed by atoms with Crippen molar-refractivity contribution in [3.8, 4) is 0 Å². The number of anilines is 1. The van der Waals surface area contributed by atoms with Crippen LogP contribution in [0.3, 0.4) is 0 Å². The molecule has 0 bridgehead atoms. The zero-order valence-corrected chi connectivity index (χ0v) is 20.1. The predicted molar refractivity (Wildman–Crippen MR) is 134 cm³/mol. The van der Waals surface area contributed by atoms with Crippen LogP contribution in [0.1, 0.15) is 43.9 Å². The molecule has 178 valence electrons. The van der Waals surface area contributed by atoms with Crippen molar-refractivity contribution in [1.82, 2.24) is 24.6 Å². The van der Waals surface area contributed by atoms with Gasteiger partial charge in [-0.25, -0.2) is 9.78 Å².